The molecule has 3 nitrogen and oxygen atoms in total. The second-order valence-electron chi connectivity index (χ2n) is 6.14. The van der Waals surface area contributed by atoms with Crippen molar-refractivity contribution in [3.63, 3.8) is 0 Å². The van der Waals surface area contributed by atoms with Gasteiger partial charge in [0.1, 0.15) is 5.41 Å². The average molecular weight is 310 g/mol. The van der Waals surface area contributed by atoms with Crippen LogP contribution >= 0.6 is 0 Å². The largest absolute Gasteiger partial charge is 0.480 e. The van der Waals surface area contributed by atoms with Gasteiger partial charge in [-0.2, -0.15) is 0 Å². The lowest BCUT2D eigenvalue weighted by Crippen LogP contribution is -2.41. The van der Waals surface area contributed by atoms with Crippen molar-refractivity contribution in [2.45, 2.75) is 37.2 Å². The molecule has 1 heterocycles. The Hall–Kier alpha value is -2.13. The van der Waals surface area contributed by atoms with Gasteiger partial charge in [-0.1, -0.05) is 60.7 Å². The molecular weight excluding hydrogens is 288 g/mol. The quantitative estimate of drug-likeness (QED) is 0.907. The zero-order valence-corrected chi connectivity index (χ0v) is 13.2. The van der Waals surface area contributed by atoms with Crippen molar-refractivity contribution in [3.8, 4) is 0 Å². The lowest BCUT2D eigenvalue weighted by atomic mass is 9.70. The van der Waals surface area contributed by atoms with Gasteiger partial charge in [0, 0.05) is 6.61 Å². The van der Waals surface area contributed by atoms with Gasteiger partial charge in [0.2, 0.25) is 0 Å². The summed E-state index contributed by atoms with van der Waals surface area (Å²) in [7, 11) is 0. The summed E-state index contributed by atoms with van der Waals surface area (Å²) in [6, 6.07) is 19.1. The number of ether oxygens (including phenoxy) is 1. The summed E-state index contributed by atoms with van der Waals surface area (Å²) in [6.45, 7) is 0.726. The first-order valence-electron chi connectivity index (χ1n) is 8.19. The van der Waals surface area contributed by atoms with E-state index in [1.54, 1.807) is 0 Å². The Morgan fingerprint density at radius 3 is 2.00 bits per heavy atom. The molecule has 0 spiro atoms. The minimum atomic E-state index is -1.06. The fraction of sp³-hybridized carbons (Fsp3) is 0.350. The fourth-order valence-electron chi connectivity index (χ4n) is 3.49. The van der Waals surface area contributed by atoms with Crippen molar-refractivity contribution in [2.75, 3.05) is 6.61 Å². The molecule has 1 saturated heterocycles. The van der Waals surface area contributed by atoms with Gasteiger partial charge in [-0.15, -0.1) is 0 Å². The Kier molecular flexibility index (Phi) is 4.77. The maximum atomic E-state index is 12.4. The highest BCUT2D eigenvalue weighted by Crippen LogP contribution is 2.39. The minimum Gasteiger partial charge on any atom is -0.480 e. The van der Waals surface area contributed by atoms with Crippen LogP contribution in [0.5, 0.6) is 0 Å². The number of aliphatic carboxylic acids is 1. The Bertz CT molecular complexity index is 591. The Morgan fingerprint density at radius 1 is 1.00 bits per heavy atom. The van der Waals surface area contributed by atoms with Gasteiger partial charge in [0.15, 0.2) is 0 Å². The zero-order valence-electron chi connectivity index (χ0n) is 13.2. The standard InChI is InChI=1S/C20H22O3/c21-19(22)20(16-9-3-1-4-10-16,17-11-5-2-6-12-17)15-18-13-7-8-14-23-18/h1-6,9-12,18H,7-8,13-15H2,(H,21,22). The summed E-state index contributed by atoms with van der Waals surface area (Å²) in [5.41, 5.74) is 0.561. The summed E-state index contributed by atoms with van der Waals surface area (Å²) in [5, 5.41) is 10.2. The van der Waals surface area contributed by atoms with Crippen molar-refractivity contribution in [2.24, 2.45) is 0 Å². The van der Waals surface area contributed by atoms with E-state index in [2.05, 4.69) is 0 Å². The Balaban J connectivity index is 2.08. The topological polar surface area (TPSA) is 46.5 Å². The molecule has 0 radical (unpaired) electrons. The van der Waals surface area contributed by atoms with Gasteiger partial charge in [-0.25, -0.2) is 0 Å². The summed E-state index contributed by atoms with van der Waals surface area (Å²) < 4.78 is 5.86. The number of carbonyl (C=O) groups is 1. The molecule has 0 bridgehead atoms. The molecule has 1 aliphatic rings. The third-order valence-corrected chi connectivity index (χ3v) is 4.71. The highest BCUT2D eigenvalue weighted by atomic mass is 16.5. The molecule has 1 N–H and O–H groups in total. The maximum Gasteiger partial charge on any atom is 0.318 e. The molecule has 2 aromatic carbocycles. The normalized spacial score (nSPS) is 18.5. The van der Waals surface area contributed by atoms with Crippen LogP contribution < -0.4 is 0 Å². The minimum absolute atomic E-state index is 0.0136. The van der Waals surface area contributed by atoms with Crippen LogP contribution in [0.2, 0.25) is 0 Å². The van der Waals surface area contributed by atoms with Gasteiger partial charge in [0.05, 0.1) is 6.10 Å². The monoisotopic (exact) mass is 310 g/mol. The zero-order chi connectivity index (χ0) is 16.1. The third-order valence-electron chi connectivity index (χ3n) is 4.71. The number of hydrogen-bond acceptors (Lipinski definition) is 2. The summed E-state index contributed by atoms with van der Waals surface area (Å²) in [5.74, 6) is -0.816. The van der Waals surface area contributed by atoms with Gasteiger partial charge >= 0.3 is 5.97 Å². The van der Waals surface area contributed by atoms with E-state index in [0.717, 1.165) is 37.0 Å². The van der Waals surface area contributed by atoms with Gasteiger partial charge in [0.25, 0.3) is 0 Å². The number of hydrogen-bond donors (Lipinski definition) is 1. The summed E-state index contributed by atoms with van der Waals surface area (Å²) in [4.78, 5) is 12.4. The molecule has 1 fully saturated rings. The van der Waals surface area contributed by atoms with Gasteiger partial charge in [-0.3, -0.25) is 4.79 Å². The average Bonchev–Trinajstić information content (AvgIpc) is 2.62. The van der Waals surface area contributed by atoms with Crippen LogP contribution in [0.25, 0.3) is 0 Å². The van der Waals surface area contributed by atoms with E-state index >= 15 is 0 Å². The first kappa shape index (κ1) is 15.8. The van der Waals surface area contributed by atoms with E-state index in [0.29, 0.717) is 6.42 Å². The van der Waals surface area contributed by atoms with E-state index in [1.165, 1.54) is 0 Å². The summed E-state index contributed by atoms with van der Waals surface area (Å²) in [6.07, 6.45) is 3.54. The number of carboxylic acids is 1. The smallest absolute Gasteiger partial charge is 0.318 e. The van der Waals surface area contributed by atoms with Crippen LogP contribution in [0.3, 0.4) is 0 Å². The Labute approximate surface area is 136 Å². The molecule has 1 aliphatic heterocycles. The van der Waals surface area contributed by atoms with Crippen LogP contribution in [-0.4, -0.2) is 23.8 Å². The molecular formula is C20H22O3. The molecule has 120 valence electrons. The molecule has 23 heavy (non-hydrogen) atoms. The molecule has 2 aromatic rings. The highest BCUT2D eigenvalue weighted by molar-refractivity contribution is 5.86. The van der Waals surface area contributed by atoms with Crippen molar-refractivity contribution in [1.29, 1.82) is 0 Å². The first-order valence-corrected chi connectivity index (χ1v) is 8.19. The lowest BCUT2D eigenvalue weighted by Gasteiger charge is -2.35. The lowest BCUT2D eigenvalue weighted by molar-refractivity contribution is -0.144. The molecule has 0 saturated carbocycles. The van der Waals surface area contributed by atoms with Crippen molar-refractivity contribution in [3.05, 3.63) is 71.8 Å². The molecule has 0 amide bonds. The maximum absolute atomic E-state index is 12.4. The van der Waals surface area contributed by atoms with E-state index in [4.69, 9.17) is 4.74 Å². The van der Waals surface area contributed by atoms with Gasteiger partial charge in [-0.05, 0) is 36.8 Å². The van der Waals surface area contributed by atoms with E-state index in [1.807, 2.05) is 60.7 Å². The van der Waals surface area contributed by atoms with Crippen LogP contribution in [0, 0.1) is 0 Å². The summed E-state index contributed by atoms with van der Waals surface area (Å²) >= 11 is 0. The molecule has 1 atom stereocenters. The molecule has 1 unspecified atom stereocenters. The second kappa shape index (κ2) is 6.97. The Morgan fingerprint density at radius 2 is 1.57 bits per heavy atom. The van der Waals surface area contributed by atoms with Crippen LogP contribution in [0.15, 0.2) is 60.7 Å². The van der Waals surface area contributed by atoms with E-state index < -0.39 is 11.4 Å². The SMILES string of the molecule is O=C(O)C(CC1CCCCO1)(c1ccccc1)c1ccccc1. The molecule has 3 heteroatoms. The van der Waals surface area contributed by atoms with Crippen LogP contribution in [-0.2, 0) is 14.9 Å². The van der Waals surface area contributed by atoms with E-state index in [-0.39, 0.29) is 6.10 Å². The number of carboxylic acid groups (broad SMARTS) is 1. The fourth-order valence-corrected chi connectivity index (χ4v) is 3.49. The predicted molar refractivity (Wildman–Crippen MR) is 89.5 cm³/mol. The van der Waals surface area contributed by atoms with Crippen molar-refractivity contribution >= 4 is 5.97 Å². The number of rotatable bonds is 5. The first-order chi connectivity index (χ1) is 11.2. The predicted octanol–water partition coefficient (Wildman–Crippen LogP) is 4.02. The van der Waals surface area contributed by atoms with Gasteiger partial charge < -0.3 is 9.84 Å². The van der Waals surface area contributed by atoms with Crippen LogP contribution in [0.1, 0.15) is 36.8 Å². The third kappa shape index (κ3) is 3.15. The van der Waals surface area contributed by atoms with E-state index in [9.17, 15) is 9.90 Å². The molecule has 0 aliphatic carbocycles. The molecule has 0 aromatic heterocycles. The van der Waals surface area contributed by atoms with Crippen molar-refractivity contribution in [1.82, 2.24) is 0 Å². The number of benzene rings is 2. The highest BCUT2D eigenvalue weighted by Gasteiger charge is 2.44. The second-order valence-corrected chi connectivity index (χ2v) is 6.14. The van der Waals surface area contributed by atoms with Crippen LogP contribution in [0.4, 0.5) is 0 Å². The van der Waals surface area contributed by atoms with Crippen molar-refractivity contribution < 1.29 is 14.6 Å². The molecule has 3 rings (SSSR count).